The number of rotatable bonds is 5. The summed E-state index contributed by atoms with van der Waals surface area (Å²) >= 11 is 1.64. The third-order valence-corrected chi connectivity index (χ3v) is 4.96. The molecule has 0 aliphatic heterocycles. The van der Waals surface area contributed by atoms with Crippen LogP contribution in [0.25, 0.3) is 0 Å². The van der Waals surface area contributed by atoms with Crippen LogP contribution in [0, 0.1) is 0 Å². The van der Waals surface area contributed by atoms with Gasteiger partial charge in [0.1, 0.15) is 0 Å². The number of hydrogen-bond acceptors (Lipinski definition) is 5. The van der Waals surface area contributed by atoms with Crippen molar-refractivity contribution in [1.82, 2.24) is 4.98 Å². The minimum Gasteiger partial charge on any atom is -0.374 e. The number of benzene rings is 1. The summed E-state index contributed by atoms with van der Waals surface area (Å²) in [6.45, 7) is 2.93. The minimum absolute atomic E-state index is 0.127. The summed E-state index contributed by atoms with van der Waals surface area (Å²) < 4.78 is 22.4. The van der Waals surface area contributed by atoms with E-state index in [1.54, 1.807) is 29.7 Å². The highest BCUT2D eigenvalue weighted by atomic mass is 32.2. The molecule has 0 saturated heterocycles. The molecule has 0 fully saturated rings. The Morgan fingerprint density at radius 1 is 1.35 bits per heavy atom. The van der Waals surface area contributed by atoms with Crippen molar-refractivity contribution in [2.45, 2.75) is 17.7 Å². The molecular formula is C13H17N3O2S2. The zero-order valence-corrected chi connectivity index (χ0v) is 13.0. The molecule has 108 valence electrons. The minimum atomic E-state index is -3.63. The summed E-state index contributed by atoms with van der Waals surface area (Å²) in [5.41, 5.74) is 0.945. The van der Waals surface area contributed by atoms with Gasteiger partial charge in [-0.3, -0.25) is 0 Å². The van der Waals surface area contributed by atoms with Crippen molar-refractivity contribution in [3.63, 3.8) is 0 Å². The predicted molar refractivity (Wildman–Crippen MR) is 81.6 cm³/mol. The summed E-state index contributed by atoms with van der Waals surface area (Å²) in [6, 6.07) is 6.56. The predicted octanol–water partition coefficient (Wildman–Crippen LogP) is 2.03. The van der Waals surface area contributed by atoms with Gasteiger partial charge in [-0.05, 0) is 24.3 Å². The number of nitrogens with zero attached hydrogens (tertiary/aromatic N) is 2. The van der Waals surface area contributed by atoms with Crippen LogP contribution < -0.4 is 10.0 Å². The molecule has 1 aromatic carbocycles. The third kappa shape index (κ3) is 3.56. The van der Waals surface area contributed by atoms with E-state index in [1.807, 2.05) is 12.4 Å². The second-order valence-electron chi connectivity index (χ2n) is 4.69. The Bertz CT molecular complexity index is 651. The average molecular weight is 311 g/mol. The van der Waals surface area contributed by atoms with Crippen molar-refractivity contribution < 1.29 is 8.42 Å². The first kappa shape index (κ1) is 15.0. The van der Waals surface area contributed by atoms with Gasteiger partial charge in [-0.15, -0.1) is 11.3 Å². The van der Waals surface area contributed by atoms with Gasteiger partial charge in [0.25, 0.3) is 0 Å². The molecule has 2 aromatic rings. The fourth-order valence-corrected chi connectivity index (χ4v) is 3.17. The van der Waals surface area contributed by atoms with E-state index in [2.05, 4.69) is 16.8 Å². The van der Waals surface area contributed by atoms with Crippen LogP contribution in [0.3, 0.4) is 0 Å². The van der Waals surface area contributed by atoms with Crippen LogP contribution in [-0.4, -0.2) is 27.0 Å². The quantitative estimate of drug-likeness (QED) is 0.916. The first-order valence-corrected chi connectivity index (χ1v) is 8.54. The Morgan fingerprint density at radius 3 is 2.50 bits per heavy atom. The van der Waals surface area contributed by atoms with Crippen molar-refractivity contribution in [2.24, 2.45) is 5.14 Å². The van der Waals surface area contributed by atoms with Crippen LogP contribution in [0.4, 0.5) is 5.69 Å². The topological polar surface area (TPSA) is 76.3 Å². The lowest BCUT2D eigenvalue weighted by Crippen LogP contribution is -2.23. The van der Waals surface area contributed by atoms with Crippen LogP contribution in [0.2, 0.25) is 0 Å². The third-order valence-electron chi connectivity index (χ3n) is 3.03. The molecule has 0 amide bonds. The van der Waals surface area contributed by atoms with Gasteiger partial charge in [-0.25, -0.2) is 18.5 Å². The molecule has 1 unspecified atom stereocenters. The zero-order chi connectivity index (χ0) is 14.8. The number of anilines is 1. The van der Waals surface area contributed by atoms with E-state index < -0.39 is 10.0 Å². The van der Waals surface area contributed by atoms with Gasteiger partial charge in [-0.2, -0.15) is 0 Å². The highest BCUT2D eigenvalue weighted by molar-refractivity contribution is 7.89. The summed E-state index contributed by atoms with van der Waals surface area (Å²) in [4.78, 5) is 6.50. The van der Waals surface area contributed by atoms with Gasteiger partial charge < -0.3 is 4.90 Å². The van der Waals surface area contributed by atoms with Crippen molar-refractivity contribution in [3.8, 4) is 0 Å². The van der Waals surface area contributed by atoms with E-state index in [4.69, 9.17) is 5.14 Å². The Hall–Kier alpha value is -1.44. The number of hydrogen-bond donors (Lipinski definition) is 1. The molecule has 1 heterocycles. The molecule has 5 nitrogen and oxygen atoms in total. The number of likely N-dealkylation sites (N-methyl/N-ethyl adjacent to an activating group) is 1. The van der Waals surface area contributed by atoms with Gasteiger partial charge in [0.15, 0.2) is 0 Å². The Labute approximate surface area is 123 Å². The number of sulfonamides is 1. The second-order valence-corrected chi connectivity index (χ2v) is 7.18. The molecule has 2 N–H and O–H groups in total. The standard InChI is InChI=1S/C13H17N3O2S2/c1-10(13-15-7-8-19-13)9-16(2)11-3-5-12(6-4-11)20(14,17)18/h3-8,10H,9H2,1-2H3,(H2,14,17,18). The van der Waals surface area contributed by atoms with E-state index in [0.717, 1.165) is 17.2 Å². The van der Waals surface area contributed by atoms with Crippen molar-refractivity contribution in [2.75, 3.05) is 18.5 Å². The van der Waals surface area contributed by atoms with Crippen LogP contribution >= 0.6 is 11.3 Å². The van der Waals surface area contributed by atoms with Crippen LogP contribution in [0.15, 0.2) is 40.7 Å². The van der Waals surface area contributed by atoms with Crippen molar-refractivity contribution in [3.05, 3.63) is 40.8 Å². The molecule has 0 radical (unpaired) electrons. The van der Waals surface area contributed by atoms with Gasteiger partial charge in [0.2, 0.25) is 10.0 Å². The molecule has 0 saturated carbocycles. The van der Waals surface area contributed by atoms with Crippen molar-refractivity contribution in [1.29, 1.82) is 0 Å². The monoisotopic (exact) mass is 311 g/mol. The smallest absolute Gasteiger partial charge is 0.238 e. The van der Waals surface area contributed by atoms with Crippen molar-refractivity contribution >= 4 is 27.0 Å². The largest absolute Gasteiger partial charge is 0.374 e. The summed E-state index contributed by atoms with van der Waals surface area (Å²) in [5.74, 6) is 0.318. The molecule has 20 heavy (non-hydrogen) atoms. The normalized spacial score (nSPS) is 13.2. The lowest BCUT2D eigenvalue weighted by molar-refractivity contribution is 0.598. The SMILES string of the molecule is CC(CN(C)c1ccc(S(N)(=O)=O)cc1)c1nccs1. The van der Waals surface area contributed by atoms with E-state index >= 15 is 0 Å². The fraction of sp³-hybridized carbons (Fsp3) is 0.308. The zero-order valence-electron chi connectivity index (χ0n) is 11.4. The lowest BCUT2D eigenvalue weighted by atomic mass is 10.1. The molecule has 0 bridgehead atoms. The van der Waals surface area contributed by atoms with Crippen LogP contribution in [0.1, 0.15) is 17.8 Å². The van der Waals surface area contributed by atoms with E-state index in [-0.39, 0.29) is 4.90 Å². The number of nitrogens with two attached hydrogens (primary N) is 1. The second kappa shape index (κ2) is 5.90. The summed E-state index contributed by atoms with van der Waals surface area (Å²) in [5, 5.41) is 8.14. The molecular weight excluding hydrogens is 294 g/mol. The highest BCUT2D eigenvalue weighted by Crippen LogP contribution is 2.22. The number of thiazole rings is 1. The highest BCUT2D eigenvalue weighted by Gasteiger charge is 2.13. The van der Waals surface area contributed by atoms with Gasteiger partial charge in [0, 0.05) is 36.8 Å². The summed E-state index contributed by atoms with van der Waals surface area (Å²) in [7, 11) is -1.66. The molecule has 7 heteroatoms. The number of aromatic nitrogens is 1. The molecule has 1 atom stereocenters. The fourth-order valence-electron chi connectivity index (χ4n) is 1.96. The first-order valence-electron chi connectivity index (χ1n) is 6.11. The maximum absolute atomic E-state index is 11.2. The molecule has 0 aliphatic rings. The Kier molecular flexibility index (Phi) is 4.42. The van der Waals surface area contributed by atoms with Gasteiger partial charge >= 0.3 is 0 Å². The van der Waals surface area contributed by atoms with Crippen LogP contribution in [0.5, 0.6) is 0 Å². The van der Waals surface area contributed by atoms with Crippen LogP contribution in [-0.2, 0) is 10.0 Å². The lowest BCUT2D eigenvalue weighted by Gasteiger charge is -2.22. The number of primary sulfonamides is 1. The Balaban J connectivity index is 2.08. The van der Waals surface area contributed by atoms with E-state index in [0.29, 0.717) is 5.92 Å². The summed E-state index contributed by atoms with van der Waals surface area (Å²) in [6.07, 6.45) is 1.80. The average Bonchev–Trinajstić information content (AvgIpc) is 2.91. The first-order chi connectivity index (χ1) is 9.38. The maximum atomic E-state index is 11.2. The molecule has 0 spiro atoms. The molecule has 2 rings (SSSR count). The van der Waals surface area contributed by atoms with Gasteiger partial charge in [0.05, 0.1) is 9.90 Å². The maximum Gasteiger partial charge on any atom is 0.238 e. The molecule has 0 aliphatic carbocycles. The molecule has 1 aromatic heterocycles. The Morgan fingerprint density at radius 2 is 2.00 bits per heavy atom. The van der Waals surface area contributed by atoms with E-state index in [9.17, 15) is 8.42 Å². The van der Waals surface area contributed by atoms with Gasteiger partial charge in [-0.1, -0.05) is 6.92 Å². The van der Waals surface area contributed by atoms with E-state index in [1.165, 1.54) is 12.1 Å².